The first-order chi connectivity index (χ1) is 19.8. The summed E-state index contributed by atoms with van der Waals surface area (Å²) in [5, 5.41) is 3.30. The molecule has 0 bridgehead atoms. The number of imidazole rings is 2. The van der Waals surface area contributed by atoms with Gasteiger partial charge >= 0.3 is 0 Å². The summed E-state index contributed by atoms with van der Waals surface area (Å²) < 4.78 is 5.57. The summed E-state index contributed by atoms with van der Waals surface area (Å²) in [5.74, 6) is 1.22. The molecule has 6 rings (SSSR count). The number of rotatable bonds is 6. The zero-order valence-electron chi connectivity index (χ0n) is 22.5. The van der Waals surface area contributed by atoms with Gasteiger partial charge in [0.2, 0.25) is 5.91 Å². The van der Waals surface area contributed by atoms with E-state index in [0.717, 1.165) is 43.2 Å². The van der Waals surface area contributed by atoms with Gasteiger partial charge in [0, 0.05) is 50.6 Å². The number of fused-ring (bicyclic) bond motifs is 2. The minimum absolute atomic E-state index is 0.0945. The van der Waals surface area contributed by atoms with Crippen molar-refractivity contribution < 1.29 is 4.79 Å². The minimum atomic E-state index is -0.0945. The Morgan fingerprint density at radius 3 is 2.05 bits per heavy atom. The van der Waals surface area contributed by atoms with Crippen molar-refractivity contribution in [2.24, 2.45) is 0 Å². The first-order valence-electron chi connectivity index (χ1n) is 12.6. The maximum Gasteiger partial charge on any atom is 0.225 e. The fraction of sp³-hybridized carbons (Fsp3) is 0.179. The van der Waals surface area contributed by atoms with Gasteiger partial charge in [0.15, 0.2) is 22.9 Å². The maximum absolute atomic E-state index is 12.1. The lowest BCUT2D eigenvalue weighted by molar-refractivity contribution is -0.116. The highest BCUT2D eigenvalue weighted by Crippen LogP contribution is 2.24. The lowest BCUT2D eigenvalue weighted by Gasteiger charge is -2.21. The molecule has 6 aromatic rings. The van der Waals surface area contributed by atoms with E-state index in [9.17, 15) is 4.79 Å². The van der Waals surface area contributed by atoms with Crippen molar-refractivity contribution in [3.63, 3.8) is 0 Å². The van der Waals surface area contributed by atoms with Crippen LogP contribution in [0.1, 0.15) is 29.4 Å². The second-order valence-corrected chi connectivity index (χ2v) is 10.8. The number of hydrogen-bond donors (Lipinski definition) is 1. The molecule has 1 amide bonds. The van der Waals surface area contributed by atoms with Gasteiger partial charge in [-0.2, -0.15) is 0 Å². The summed E-state index contributed by atoms with van der Waals surface area (Å²) in [6.45, 7) is 6.44. The van der Waals surface area contributed by atoms with Crippen molar-refractivity contribution in [2.75, 3.05) is 10.2 Å². The van der Waals surface area contributed by atoms with Crippen LogP contribution in [0.4, 0.5) is 11.6 Å². The molecule has 0 aliphatic rings. The Morgan fingerprint density at radius 2 is 1.44 bits per heavy atom. The van der Waals surface area contributed by atoms with Crippen LogP contribution >= 0.6 is 31.9 Å². The number of pyridine rings is 2. The number of carbonyl (C=O) groups excluding carboxylic acids is 1. The van der Waals surface area contributed by atoms with Crippen molar-refractivity contribution >= 4 is 60.7 Å². The van der Waals surface area contributed by atoms with Crippen LogP contribution in [0, 0.1) is 13.8 Å². The van der Waals surface area contributed by atoms with Gasteiger partial charge in [-0.15, -0.1) is 0 Å². The van der Waals surface area contributed by atoms with Crippen molar-refractivity contribution in [2.45, 2.75) is 33.9 Å². The fourth-order valence-corrected chi connectivity index (χ4v) is 4.88. The minimum Gasteiger partial charge on any atom is -0.363 e. The average Bonchev–Trinajstić information content (AvgIpc) is 3.53. The Morgan fingerprint density at radius 1 is 0.854 bits per heavy atom. The van der Waals surface area contributed by atoms with E-state index in [1.807, 2.05) is 65.5 Å². The van der Waals surface area contributed by atoms with Crippen LogP contribution in [-0.4, -0.2) is 44.6 Å². The molecule has 13 heteroatoms. The molecule has 0 aliphatic carbocycles. The number of aromatic nitrogens is 8. The Bertz CT molecular complexity index is 1810. The van der Waals surface area contributed by atoms with Crippen molar-refractivity contribution in [3.8, 4) is 0 Å². The molecule has 6 aromatic heterocycles. The van der Waals surface area contributed by atoms with E-state index in [1.54, 1.807) is 35.9 Å². The first kappa shape index (κ1) is 28.3. The first-order valence-corrected chi connectivity index (χ1v) is 14.2. The molecule has 0 aliphatic heterocycles. The van der Waals surface area contributed by atoms with Crippen LogP contribution in [0.5, 0.6) is 0 Å². The summed E-state index contributed by atoms with van der Waals surface area (Å²) in [6, 6.07) is 7.72. The van der Waals surface area contributed by atoms with Gasteiger partial charge in [0.25, 0.3) is 0 Å². The Balaban J connectivity index is 0.000000166. The summed E-state index contributed by atoms with van der Waals surface area (Å²) in [7, 11) is 0. The van der Waals surface area contributed by atoms with Crippen molar-refractivity contribution in [1.29, 1.82) is 0 Å². The summed E-state index contributed by atoms with van der Waals surface area (Å²) in [5.41, 5.74) is 5.22. The molecule has 0 radical (unpaired) electrons. The zero-order valence-corrected chi connectivity index (χ0v) is 25.7. The van der Waals surface area contributed by atoms with E-state index in [2.05, 4.69) is 67.1 Å². The maximum atomic E-state index is 12.1. The van der Waals surface area contributed by atoms with Gasteiger partial charge in [-0.1, -0.05) is 12.1 Å². The Labute approximate surface area is 253 Å². The number of aryl methyl sites for hydroxylation is 2. The summed E-state index contributed by atoms with van der Waals surface area (Å²) >= 11 is 6.91. The predicted octanol–water partition coefficient (Wildman–Crippen LogP) is 5.56. The van der Waals surface area contributed by atoms with Crippen LogP contribution in [0.3, 0.4) is 0 Å². The van der Waals surface area contributed by atoms with E-state index in [4.69, 9.17) is 0 Å². The number of amides is 1. The molecule has 0 aromatic carbocycles. The number of hydrogen-bond acceptors (Lipinski definition) is 8. The summed E-state index contributed by atoms with van der Waals surface area (Å²) in [4.78, 5) is 39.6. The molecule has 11 nitrogen and oxygen atoms in total. The largest absolute Gasteiger partial charge is 0.363 e. The normalized spacial score (nSPS) is 10.9. The quantitative estimate of drug-likeness (QED) is 0.244. The third kappa shape index (κ3) is 6.57. The van der Waals surface area contributed by atoms with Gasteiger partial charge in [0.05, 0.1) is 30.3 Å². The summed E-state index contributed by atoms with van der Waals surface area (Å²) in [6.07, 6.45) is 14.3. The van der Waals surface area contributed by atoms with Crippen LogP contribution in [0.15, 0.2) is 83.0 Å². The Kier molecular flexibility index (Phi) is 8.64. The highest BCUT2D eigenvalue weighted by Gasteiger charge is 2.19. The third-order valence-corrected chi connectivity index (χ3v) is 7.17. The fourth-order valence-electron chi connectivity index (χ4n) is 4.14. The second kappa shape index (κ2) is 12.5. The molecule has 41 heavy (non-hydrogen) atoms. The topological polar surface area (TPSA) is 118 Å². The molecule has 0 saturated carbocycles. The standard InChI is InChI=1S/C15H14BrN5O.C13H12BrN5/c1-10-8-21-13(16)7-18-14(21)15(19-10)20(11(2)22)9-12-4-3-5-17-6-12;1-9-8-19-11(14)7-17-13(19)12(18-9)16-6-10-3-2-4-15-5-10/h3-8H,9H2,1-2H3;2-5,7-8H,6H2,1H3,(H,16,18). The average molecular weight is 678 g/mol. The molecule has 208 valence electrons. The number of halogens is 2. The smallest absolute Gasteiger partial charge is 0.225 e. The molecule has 0 fully saturated rings. The third-order valence-electron chi connectivity index (χ3n) is 6.00. The number of nitrogens with zero attached hydrogens (tertiary/aromatic N) is 9. The van der Waals surface area contributed by atoms with Gasteiger partial charge < -0.3 is 5.32 Å². The van der Waals surface area contributed by atoms with E-state index in [0.29, 0.717) is 24.6 Å². The lowest BCUT2D eigenvalue weighted by Crippen LogP contribution is -2.29. The Hall–Kier alpha value is -4.23. The van der Waals surface area contributed by atoms with Crippen LogP contribution in [0.2, 0.25) is 0 Å². The van der Waals surface area contributed by atoms with Crippen LogP contribution in [-0.2, 0) is 17.9 Å². The number of carbonyl (C=O) groups is 1. The van der Waals surface area contributed by atoms with Gasteiger partial charge in [0.1, 0.15) is 9.21 Å². The van der Waals surface area contributed by atoms with E-state index >= 15 is 0 Å². The molecule has 0 saturated heterocycles. The second-order valence-electron chi connectivity index (χ2n) is 9.17. The molecule has 6 heterocycles. The SMILES string of the molecule is CC(=O)N(Cc1cccnc1)c1nc(C)cn2c(Br)cnc12.Cc1cn2c(Br)cnc2c(NCc2cccnc2)n1. The lowest BCUT2D eigenvalue weighted by atomic mass is 10.2. The van der Waals surface area contributed by atoms with Crippen LogP contribution in [0.25, 0.3) is 11.3 Å². The van der Waals surface area contributed by atoms with Crippen LogP contribution < -0.4 is 10.2 Å². The van der Waals surface area contributed by atoms with Gasteiger partial charge in [-0.25, -0.2) is 19.9 Å². The number of anilines is 2. The highest BCUT2D eigenvalue weighted by molar-refractivity contribution is 9.10. The van der Waals surface area contributed by atoms with Crippen molar-refractivity contribution in [1.82, 2.24) is 38.7 Å². The predicted molar refractivity (Wildman–Crippen MR) is 164 cm³/mol. The van der Waals surface area contributed by atoms with E-state index in [1.165, 1.54) is 6.92 Å². The molecular weight excluding hydrogens is 652 g/mol. The molecular formula is C28H26Br2N10O. The van der Waals surface area contributed by atoms with Crippen molar-refractivity contribution in [3.05, 3.63) is 106 Å². The monoisotopic (exact) mass is 676 g/mol. The van der Waals surface area contributed by atoms with E-state index < -0.39 is 0 Å². The zero-order chi connectivity index (χ0) is 28.9. The highest BCUT2D eigenvalue weighted by atomic mass is 79.9. The molecule has 0 unspecified atom stereocenters. The number of nitrogens with one attached hydrogen (secondary N) is 1. The molecule has 0 atom stereocenters. The van der Waals surface area contributed by atoms with E-state index in [-0.39, 0.29) is 5.91 Å². The van der Waals surface area contributed by atoms with Gasteiger partial charge in [-0.3, -0.25) is 28.5 Å². The molecule has 1 N–H and O–H groups in total. The molecule has 0 spiro atoms. The van der Waals surface area contributed by atoms with Gasteiger partial charge in [-0.05, 0) is 69.0 Å².